The molecule has 4 aromatic carbocycles. The summed E-state index contributed by atoms with van der Waals surface area (Å²) in [5.41, 5.74) is 2.61. The number of aliphatic carboxylic acids is 1. The van der Waals surface area contributed by atoms with Crippen molar-refractivity contribution in [2.45, 2.75) is 45.6 Å². The molecule has 0 saturated heterocycles. The van der Waals surface area contributed by atoms with E-state index in [-0.39, 0.29) is 24.4 Å². The first-order valence-corrected chi connectivity index (χ1v) is 15.8. The average Bonchev–Trinajstić information content (AvgIpc) is 3.09. The van der Waals surface area contributed by atoms with E-state index in [0.717, 1.165) is 24.8 Å². The Morgan fingerprint density at radius 3 is 1.94 bits per heavy atom. The van der Waals surface area contributed by atoms with Crippen LogP contribution in [0.15, 0.2) is 97.1 Å². The highest BCUT2D eigenvalue weighted by Crippen LogP contribution is 2.20. The monoisotopic (exact) mass is 652 g/mol. The molecular weight excluding hydrogens is 612 g/mol. The molecule has 0 aliphatic carbocycles. The van der Waals surface area contributed by atoms with Crippen molar-refractivity contribution in [3.63, 3.8) is 0 Å². The van der Waals surface area contributed by atoms with Gasteiger partial charge in [0.05, 0.1) is 25.7 Å². The zero-order valence-corrected chi connectivity index (χ0v) is 27.1. The van der Waals surface area contributed by atoms with E-state index >= 15 is 0 Å². The van der Waals surface area contributed by atoms with E-state index in [0.29, 0.717) is 40.7 Å². The molecule has 0 heterocycles. The van der Waals surface area contributed by atoms with Gasteiger partial charge in [-0.2, -0.15) is 0 Å². The van der Waals surface area contributed by atoms with Gasteiger partial charge in [0.15, 0.2) is 0 Å². The summed E-state index contributed by atoms with van der Waals surface area (Å²) in [6, 6.07) is 26.7. The molecule has 0 aliphatic rings. The fraction of sp³-hybridized carbons (Fsp3) is 0.263. The third-order valence-electron chi connectivity index (χ3n) is 7.42. The summed E-state index contributed by atoms with van der Waals surface area (Å²) in [5.74, 6) is -0.707. The van der Waals surface area contributed by atoms with Crippen LogP contribution in [0.25, 0.3) is 0 Å². The van der Waals surface area contributed by atoms with Gasteiger partial charge in [-0.3, -0.25) is 14.4 Å². The zero-order chi connectivity index (χ0) is 34.3. The van der Waals surface area contributed by atoms with Crippen LogP contribution in [-0.2, 0) is 22.6 Å². The highest BCUT2D eigenvalue weighted by molar-refractivity contribution is 5.97. The number of carbonyl (C=O) groups is 4. The number of carbonyl (C=O) groups excluding carboxylic acids is 3. The topological polar surface area (TPSA) is 131 Å². The molecule has 0 bridgehead atoms. The Morgan fingerprint density at radius 1 is 0.708 bits per heavy atom. The minimum absolute atomic E-state index is 0.0135. The van der Waals surface area contributed by atoms with Crippen LogP contribution in [-0.4, -0.2) is 54.0 Å². The Balaban J connectivity index is 1.30. The van der Waals surface area contributed by atoms with E-state index in [1.165, 1.54) is 23.5 Å². The summed E-state index contributed by atoms with van der Waals surface area (Å²) >= 11 is 0. The number of benzene rings is 4. The Hall–Kier alpha value is -5.64. The van der Waals surface area contributed by atoms with Crippen molar-refractivity contribution in [2.75, 3.05) is 25.6 Å². The Bertz CT molecular complexity index is 1650. The lowest BCUT2D eigenvalue weighted by Crippen LogP contribution is -2.35. The van der Waals surface area contributed by atoms with E-state index in [2.05, 4.69) is 12.2 Å². The first-order valence-electron chi connectivity index (χ1n) is 15.8. The van der Waals surface area contributed by atoms with Gasteiger partial charge in [0, 0.05) is 17.8 Å². The van der Waals surface area contributed by atoms with Gasteiger partial charge in [0.2, 0.25) is 5.91 Å². The van der Waals surface area contributed by atoms with Crippen LogP contribution < -0.4 is 19.5 Å². The third-order valence-corrected chi connectivity index (χ3v) is 7.42. The molecule has 0 spiro atoms. The predicted molar refractivity (Wildman–Crippen MR) is 182 cm³/mol. The van der Waals surface area contributed by atoms with Crippen molar-refractivity contribution in [2.24, 2.45) is 0 Å². The van der Waals surface area contributed by atoms with Crippen LogP contribution in [0.4, 0.5) is 5.69 Å². The van der Waals surface area contributed by atoms with Gasteiger partial charge in [-0.05, 0) is 90.3 Å². The van der Waals surface area contributed by atoms with Gasteiger partial charge >= 0.3 is 11.9 Å². The summed E-state index contributed by atoms with van der Waals surface area (Å²) in [5, 5.41) is 12.3. The number of amides is 2. The summed E-state index contributed by atoms with van der Waals surface area (Å²) in [6.07, 6.45) is 4.61. The van der Waals surface area contributed by atoms with Gasteiger partial charge in [-0.1, -0.05) is 50.5 Å². The maximum atomic E-state index is 13.3. The third kappa shape index (κ3) is 11.0. The van der Waals surface area contributed by atoms with Gasteiger partial charge in [0.1, 0.15) is 23.8 Å². The number of ether oxygens (including phenoxy) is 3. The molecule has 10 nitrogen and oxygen atoms in total. The maximum absolute atomic E-state index is 13.3. The lowest BCUT2D eigenvalue weighted by Gasteiger charge is -2.21. The van der Waals surface area contributed by atoms with E-state index in [1.807, 2.05) is 12.1 Å². The first kappa shape index (κ1) is 35.2. The van der Waals surface area contributed by atoms with E-state index < -0.39 is 24.4 Å². The fourth-order valence-electron chi connectivity index (χ4n) is 4.83. The number of unbranched alkanes of at least 4 members (excludes halogenated alkanes) is 3. The number of carboxylic acids is 1. The van der Waals surface area contributed by atoms with Crippen molar-refractivity contribution in [3.05, 3.63) is 119 Å². The standard InChI is InChI=1S/C38H40N2O8/c1-3-4-5-6-23-47-33-21-13-30(14-22-33)38(45)48-34-19-9-28(10-20-34)25-40(26-36(42)43)37(44)29-11-15-31(16-12-29)39-35(41)24-27-7-17-32(46-2)18-8-27/h7-22H,3-6,23-26H2,1-2H3,(H,39,41)(H,42,43). The van der Waals surface area contributed by atoms with Crippen molar-refractivity contribution >= 4 is 29.4 Å². The number of anilines is 1. The van der Waals surface area contributed by atoms with Crippen molar-refractivity contribution in [1.82, 2.24) is 4.90 Å². The van der Waals surface area contributed by atoms with E-state index in [9.17, 15) is 24.3 Å². The lowest BCUT2D eigenvalue weighted by molar-refractivity contribution is -0.137. The molecule has 0 radical (unpaired) electrons. The van der Waals surface area contributed by atoms with E-state index in [1.54, 1.807) is 79.9 Å². The minimum Gasteiger partial charge on any atom is -0.497 e. The van der Waals surface area contributed by atoms with E-state index in [4.69, 9.17) is 14.2 Å². The molecule has 4 rings (SSSR count). The second kappa shape index (κ2) is 17.9. The van der Waals surface area contributed by atoms with Crippen LogP contribution in [0.3, 0.4) is 0 Å². The second-order valence-corrected chi connectivity index (χ2v) is 11.2. The van der Waals surface area contributed by atoms with Crippen molar-refractivity contribution < 1.29 is 38.5 Å². The van der Waals surface area contributed by atoms with Gasteiger partial charge < -0.3 is 29.5 Å². The molecule has 2 amide bonds. The number of hydrogen-bond acceptors (Lipinski definition) is 7. The average molecular weight is 653 g/mol. The molecule has 0 saturated carbocycles. The summed E-state index contributed by atoms with van der Waals surface area (Å²) in [7, 11) is 1.57. The molecule has 0 aromatic heterocycles. The zero-order valence-electron chi connectivity index (χ0n) is 27.1. The van der Waals surface area contributed by atoms with Crippen LogP contribution in [0.5, 0.6) is 17.2 Å². The molecule has 48 heavy (non-hydrogen) atoms. The molecule has 0 aliphatic heterocycles. The second-order valence-electron chi connectivity index (χ2n) is 11.2. The summed E-state index contributed by atoms with van der Waals surface area (Å²) < 4.78 is 16.4. The van der Waals surface area contributed by atoms with Crippen molar-refractivity contribution in [1.29, 1.82) is 0 Å². The van der Waals surface area contributed by atoms with Crippen LogP contribution in [0.1, 0.15) is 64.4 Å². The number of nitrogens with one attached hydrogen (secondary N) is 1. The lowest BCUT2D eigenvalue weighted by atomic mass is 10.1. The summed E-state index contributed by atoms with van der Waals surface area (Å²) in [4.78, 5) is 51.3. The van der Waals surface area contributed by atoms with Gasteiger partial charge in [-0.25, -0.2) is 4.79 Å². The normalized spacial score (nSPS) is 10.5. The highest BCUT2D eigenvalue weighted by atomic mass is 16.5. The Labute approximate surface area is 280 Å². The molecule has 4 aromatic rings. The quantitative estimate of drug-likeness (QED) is 0.0725. The largest absolute Gasteiger partial charge is 0.497 e. The Kier molecular flexibility index (Phi) is 13.1. The summed E-state index contributed by atoms with van der Waals surface area (Å²) in [6.45, 7) is 2.28. The SMILES string of the molecule is CCCCCCOc1ccc(C(=O)Oc2ccc(CN(CC(=O)O)C(=O)c3ccc(NC(=O)Cc4ccc(OC)cc4)cc3)cc2)cc1. The first-order chi connectivity index (χ1) is 23.2. The molecule has 0 atom stereocenters. The molecule has 250 valence electrons. The molecule has 2 N–H and O–H groups in total. The van der Waals surface area contributed by atoms with Crippen LogP contribution in [0, 0.1) is 0 Å². The number of nitrogens with zero attached hydrogens (tertiary/aromatic N) is 1. The van der Waals surface area contributed by atoms with Gasteiger partial charge in [-0.15, -0.1) is 0 Å². The maximum Gasteiger partial charge on any atom is 0.343 e. The van der Waals surface area contributed by atoms with Crippen LogP contribution in [0.2, 0.25) is 0 Å². The molecular formula is C38H40N2O8. The number of hydrogen-bond donors (Lipinski definition) is 2. The predicted octanol–water partition coefficient (Wildman–Crippen LogP) is 6.78. The fourth-order valence-corrected chi connectivity index (χ4v) is 4.83. The number of rotatable bonds is 17. The smallest absolute Gasteiger partial charge is 0.343 e. The minimum atomic E-state index is -1.16. The molecule has 10 heteroatoms. The molecule has 0 unspecified atom stereocenters. The van der Waals surface area contributed by atoms with Crippen LogP contribution >= 0.6 is 0 Å². The highest BCUT2D eigenvalue weighted by Gasteiger charge is 2.20. The number of methoxy groups -OCH3 is 1. The van der Waals surface area contributed by atoms with Crippen molar-refractivity contribution in [3.8, 4) is 17.2 Å². The molecule has 0 fully saturated rings. The van der Waals surface area contributed by atoms with Gasteiger partial charge in [0.25, 0.3) is 5.91 Å². The number of carboxylic acid groups (broad SMARTS) is 1. The Morgan fingerprint density at radius 2 is 1.31 bits per heavy atom. The number of esters is 1.